The summed E-state index contributed by atoms with van der Waals surface area (Å²) >= 11 is 0. The lowest BCUT2D eigenvalue weighted by atomic mass is 9.84. The van der Waals surface area contributed by atoms with Gasteiger partial charge in [0.05, 0.1) is 6.20 Å². The standard InChI is InChI=1S/C21H27N3O2.2ClH/c1-15-9-10-19(13-23-15)26-14-16-5-4-7-17(11-16)21(25)24-20-8-3-2-6-18(20)12-22;;/h4-5,7,9-11,13,18,20H,2-3,6,8,12,14,22H2,1H3,(H,24,25);2*1H. The van der Waals surface area contributed by atoms with Gasteiger partial charge in [-0.2, -0.15) is 0 Å². The van der Waals surface area contributed by atoms with Gasteiger partial charge in [-0.25, -0.2) is 0 Å². The molecule has 3 rings (SSSR count). The zero-order valence-corrected chi connectivity index (χ0v) is 17.7. The van der Waals surface area contributed by atoms with E-state index in [0.717, 1.165) is 36.3 Å². The third kappa shape index (κ3) is 6.66. The molecule has 0 spiro atoms. The molecule has 0 radical (unpaired) electrons. The Hall–Kier alpha value is -1.82. The van der Waals surface area contributed by atoms with E-state index in [2.05, 4.69) is 10.3 Å². The second-order valence-corrected chi connectivity index (χ2v) is 6.98. The largest absolute Gasteiger partial charge is 0.487 e. The molecule has 2 aromatic rings. The molecule has 2 atom stereocenters. The molecule has 1 aromatic heterocycles. The summed E-state index contributed by atoms with van der Waals surface area (Å²) in [6, 6.07) is 11.6. The summed E-state index contributed by atoms with van der Waals surface area (Å²) in [5.41, 5.74) is 8.43. The smallest absolute Gasteiger partial charge is 0.251 e. The predicted octanol–water partition coefficient (Wildman–Crippen LogP) is 4.06. The minimum absolute atomic E-state index is 0. The first kappa shape index (κ1) is 24.2. The maximum absolute atomic E-state index is 12.6. The van der Waals surface area contributed by atoms with Crippen molar-refractivity contribution in [3.63, 3.8) is 0 Å². The third-order valence-electron chi connectivity index (χ3n) is 5.01. The number of nitrogens with two attached hydrogens (primary N) is 1. The van der Waals surface area contributed by atoms with Crippen LogP contribution in [0.4, 0.5) is 0 Å². The molecule has 28 heavy (non-hydrogen) atoms. The topological polar surface area (TPSA) is 77.2 Å². The Bertz CT molecular complexity index is 741. The number of hydrogen-bond acceptors (Lipinski definition) is 4. The van der Waals surface area contributed by atoms with Crippen LogP contribution in [0.25, 0.3) is 0 Å². The number of pyridine rings is 1. The van der Waals surface area contributed by atoms with Crippen molar-refractivity contribution >= 4 is 30.7 Å². The fraction of sp³-hybridized carbons (Fsp3) is 0.429. The van der Waals surface area contributed by atoms with E-state index in [4.69, 9.17) is 10.5 Å². The highest BCUT2D eigenvalue weighted by Gasteiger charge is 2.25. The minimum atomic E-state index is -0.0331. The Balaban J connectivity index is 0.00000196. The molecule has 1 saturated carbocycles. The van der Waals surface area contributed by atoms with Crippen LogP contribution in [0.3, 0.4) is 0 Å². The summed E-state index contributed by atoms with van der Waals surface area (Å²) in [4.78, 5) is 16.9. The van der Waals surface area contributed by atoms with Crippen LogP contribution >= 0.6 is 24.8 Å². The first-order chi connectivity index (χ1) is 12.7. The quantitative estimate of drug-likeness (QED) is 0.731. The van der Waals surface area contributed by atoms with Gasteiger partial charge in [0.25, 0.3) is 5.91 Å². The van der Waals surface area contributed by atoms with Crippen molar-refractivity contribution in [2.45, 2.75) is 45.3 Å². The van der Waals surface area contributed by atoms with Gasteiger partial charge in [0.15, 0.2) is 0 Å². The van der Waals surface area contributed by atoms with Crippen LogP contribution in [0, 0.1) is 12.8 Å². The molecule has 7 heteroatoms. The van der Waals surface area contributed by atoms with E-state index in [-0.39, 0.29) is 36.8 Å². The SMILES string of the molecule is Cc1ccc(OCc2cccc(C(=O)NC3CCCCC3CN)c2)cn1.Cl.Cl. The lowest BCUT2D eigenvalue weighted by Gasteiger charge is -2.31. The van der Waals surface area contributed by atoms with Gasteiger partial charge in [-0.15, -0.1) is 24.8 Å². The molecule has 1 fully saturated rings. The molecule has 0 saturated heterocycles. The number of aromatic nitrogens is 1. The molecule has 0 bridgehead atoms. The number of carbonyl (C=O) groups is 1. The number of aryl methyl sites for hydroxylation is 1. The summed E-state index contributed by atoms with van der Waals surface area (Å²) in [7, 11) is 0. The van der Waals surface area contributed by atoms with Crippen molar-refractivity contribution in [1.82, 2.24) is 10.3 Å². The Morgan fingerprint density at radius 3 is 2.71 bits per heavy atom. The Morgan fingerprint density at radius 2 is 2.00 bits per heavy atom. The summed E-state index contributed by atoms with van der Waals surface area (Å²) in [6.45, 7) is 2.97. The van der Waals surface area contributed by atoms with Gasteiger partial charge >= 0.3 is 0 Å². The molecule has 1 aliphatic rings. The van der Waals surface area contributed by atoms with E-state index in [1.807, 2.05) is 43.3 Å². The van der Waals surface area contributed by atoms with Gasteiger partial charge in [-0.3, -0.25) is 9.78 Å². The highest BCUT2D eigenvalue weighted by molar-refractivity contribution is 5.94. The number of hydrogen-bond donors (Lipinski definition) is 2. The van der Waals surface area contributed by atoms with Gasteiger partial charge in [-0.1, -0.05) is 25.0 Å². The fourth-order valence-corrected chi connectivity index (χ4v) is 3.44. The molecule has 3 N–H and O–H groups in total. The number of nitrogens with one attached hydrogen (secondary N) is 1. The second kappa shape index (κ2) is 11.9. The van der Waals surface area contributed by atoms with Gasteiger partial charge in [-0.05, 0) is 62.1 Å². The summed E-state index contributed by atoms with van der Waals surface area (Å²) < 4.78 is 5.76. The van der Waals surface area contributed by atoms with E-state index in [1.54, 1.807) is 6.20 Å². The number of carbonyl (C=O) groups excluding carboxylic acids is 1. The molecule has 1 aromatic carbocycles. The zero-order chi connectivity index (χ0) is 18.4. The van der Waals surface area contributed by atoms with Crippen molar-refractivity contribution in [1.29, 1.82) is 0 Å². The monoisotopic (exact) mass is 425 g/mol. The van der Waals surface area contributed by atoms with Gasteiger partial charge < -0.3 is 15.8 Å². The number of halogens is 2. The highest BCUT2D eigenvalue weighted by atomic mass is 35.5. The van der Waals surface area contributed by atoms with Crippen LogP contribution < -0.4 is 15.8 Å². The molecule has 1 heterocycles. The number of rotatable bonds is 6. The second-order valence-electron chi connectivity index (χ2n) is 6.98. The third-order valence-corrected chi connectivity index (χ3v) is 5.01. The summed E-state index contributed by atoms with van der Waals surface area (Å²) in [6.07, 6.45) is 6.17. The van der Waals surface area contributed by atoms with Gasteiger partial charge in [0.2, 0.25) is 0 Å². The van der Waals surface area contributed by atoms with Crippen molar-refractivity contribution in [2.75, 3.05) is 6.54 Å². The van der Waals surface area contributed by atoms with Crippen molar-refractivity contribution in [3.8, 4) is 5.75 Å². The number of nitrogens with zero attached hydrogens (tertiary/aromatic N) is 1. The molecule has 1 amide bonds. The van der Waals surface area contributed by atoms with E-state index in [1.165, 1.54) is 6.42 Å². The average molecular weight is 426 g/mol. The van der Waals surface area contributed by atoms with E-state index < -0.39 is 0 Å². The predicted molar refractivity (Wildman–Crippen MR) is 117 cm³/mol. The summed E-state index contributed by atoms with van der Waals surface area (Å²) in [5, 5.41) is 3.17. The molecule has 154 valence electrons. The average Bonchev–Trinajstić information content (AvgIpc) is 2.68. The fourth-order valence-electron chi connectivity index (χ4n) is 3.44. The maximum Gasteiger partial charge on any atom is 0.251 e. The molecule has 5 nitrogen and oxygen atoms in total. The molecular weight excluding hydrogens is 397 g/mol. The first-order valence-corrected chi connectivity index (χ1v) is 9.31. The Labute approximate surface area is 179 Å². The lowest BCUT2D eigenvalue weighted by molar-refractivity contribution is 0.0908. The normalized spacial score (nSPS) is 18.4. The highest BCUT2D eigenvalue weighted by Crippen LogP contribution is 2.24. The van der Waals surface area contributed by atoms with Gasteiger partial charge in [0, 0.05) is 17.3 Å². The maximum atomic E-state index is 12.6. The van der Waals surface area contributed by atoms with E-state index in [0.29, 0.717) is 24.6 Å². The zero-order valence-electron chi connectivity index (χ0n) is 16.1. The first-order valence-electron chi connectivity index (χ1n) is 9.31. The Kier molecular flexibility index (Phi) is 10.3. The van der Waals surface area contributed by atoms with Crippen LogP contribution in [0.15, 0.2) is 42.6 Å². The van der Waals surface area contributed by atoms with E-state index in [9.17, 15) is 4.79 Å². The van der Waals surface area contributed by atoms with Crippen LogP contribution in [0.2, 0.25) is 0 Å². The van der Waals surface area contributed by atoms with Crippen LogP contribution in [-0.2, 0) is 6.61 Å². The van der Waals surface area contributed by atoms with Crippen LogP contribution in [0.1, 0.15) is 47.3 Å². The number of benzene rings is 1. The lowest BCUT2D eigenvalue weighted by Crippen LogP contribution is -2.44. The minimum Gasteiger partial charge on any atom is -0.487 e. The molecule has 1 aliphatic carbocycles. The van der Waals surface area contributed by atoms with Gasteiger partial charge in [0.1, 0.15) is 12.4 Å². The summed E-state index contributed by atoms with van der Waals surface area (Å²) in [5.74, 6) is 1.07. The molecule has 2 unspecified atom stereocenters. The molecule has 0 aliphatic heterocycles. The van der Waals surface area contributed by atoms with Crippen LogP contribution in [0.5, 0.6) is 5.75 Å². The number of amides is 1. The molecular formula is C21H29Cl2N3O2. The van der Waals surface area contributed by atoms with Crippen LogP contribution in [-0.4, -0.2) is 23.5 Å². The van der Waals surface area contributed by atoms with Crippen molar-refractivity contribution in [3.05, 3.63) is 59.4 Å². The number of ether oxygens (including phenoxy) is 1. The van der Waals surface area contributed by atoms with Crippen molar-refractivity contribution in [2.24, 2.45) is 11.7 Å². The Morgan fingerprint density at radius 1 is 1.21 bits per heavy atom. The van der Waals surface area contributed by atoms with Crippen molar-refractivity contribution < 1.29 is 9.53 Å². The van der Waals surface area contributed by atoms with E-state index >= 15 is 0 Å².